The fourth-order valence-corrected chi connectivity index (χ4v) is 1.74. The number of carbonyl (C=O) groups excluding carboxylic acids is 1. The lowest BCUT2D eigenvalue weighted by Crippen LogP contribution is -2.00. The predicted molar refractivity (Wildman–Crippen MR) is 52.5 cm³/mol. The van der Waals surface area contributed by atoms with Gasteiger partial charge in [-0.2, -0.15) is 0 Å². The third-order valence-corrected chi connectivity index (χ3v) is 2.07. The summed E-state index contributed by atoms with van der Waals surface area (Å²) in [5, 5.41) is 0. The van der Waals surface area contributed by atoms with E-state index in [0.717, 1.165) is 23.6 Å². The van der Waals surface area contributed by atoms with E-state index in [-0.39, 0.29) is 0 Å². The molecule has 2 heteroatoms. The number of aldehydes is 1. The smallest absolute Gasteiger partial charge is 0.120 e. The van der Waals surface area contributed by atoms with Gasteiger partial charge in [0.05, 0.1) is 0 Å². The van der Waals surface area contributed by atoms with Crippen LogP contribution < -0.4 is 0 Å². The molecule has 0 aromatic rings. The summed E-state index contributed by atoms with van der Waals surface area (Å²) in [6, 6.07) is 0. The highest BCUT2D eigenvalue weighted by molar-refractivity contribution is 14.1. The molecule has 1 unspecified atom stereocenters. The molecule has 0 aliphatic carbocycles. The molecule has 0 spiro atoms. The van der Waals surface area contributed by atoms with Gasteiger partial charge in [0, 0.05) is 6.42 Å². The van der Waals surface area contributed by atoms with Crippen molar-refractivity contribution in [3.63, 3.8) is 0 Å². The summed E-state index contributed by atoms with van der Waals surface area (Å²) in [5.41, 5.74) is 0. The molecule has 0 rings (SSSR count). The fourth-order valence-electron chi connectivity index (χ4n) is 0.858. The summed E-state index contributed by atoms with van der Waals surface area (Å²) in [4.78, 5) is 10.1. The van der Waals surface area contributed by atoms with Crippen molar-refractivity contribution in [1.82, 2.24) is 0 Å². The van der Waals surface area contributed by atoms with Crippen molar-refractivity contribution in [3.8, 4) is 0 Å². The second-order valence-corrected chi connectivity index (χ2v) is 3.35. The van der Waals surface area contributed by atoms with Gasteiger partial charge >= 0.3 is 0 Å². The van der Waals surface area contributed by atoms with Gasteiger partial charge in [-0.25, -0.2) is 0 Å². The zero-order valence-corrected chi connectivity index (χ0v) is 8.21. The standard InChI is InChI=1S/C8H13IO/c1-2-3-8(4-6-9)5-7-10/h2,7-8H,1,3-6H2. The molecule has 0 amide bonds. The van der Waals surface area contributed by atoms with Crippen LogP contribution in [0.5, 0.6) is 0 Å². The molecule has 1 nitrogen and oxygen atoms in total. The first-order valence-corrected chi connectivity index (χ1v) is 4.98. The van der Waals surface area contributed by atoms with Crippen LogP contribution in [0.2, 0.25) is 0 Å². The minimum Gasteiger partial charge on any atom is -0.303 e. The largest absolute Gasteiger partial charge is 0.303 e. The molecule has 0 heterocycles. The van der Waals surface area contributed by atoms with Crippen LogP contribution in [0.4, 0.5) is 0 Å². The Labute approximate surface area is 76.0 Å². The Kier molecular flexibility index (Phi) is 7.35. The molecule has 0 fully saturated rings. The lowest BCUT2D eigenvalue weighted by molar-refractivity contribution is -0.108. The summed E-state index contributed by atoms with van der Waals surface area (Å²) >= 11 is 2.33. The number of rotatable bonds is 6. The van der Waals surface area contributed by atoms with Crippen LogP contribution in [0.1, 0.15) is 19.3 Å². The summed E-state index contributed by atoms with van der Waals surface area (Å²) < 4.78 is 1.13. The fraction of sp³-hybridized carbons (Fsp3) is 0.625. The van der Waals surface area contributed by atoms with Gasteiger partial charge in [-0.05, 0) is 23.2 Å². The van der Waals surface area contributed by atoms with E-state index in [2.05, 4.69) is 29.2 Å². The van der Waals surface area contributed by atoms with Gasteiger partial charge < -0.3 is 4.79 Å². The highest BCUT2D eigenvalue weighted by atomic mass is 127. The average Bonchev–Trinajstić information content (AvgIpc) is 1.90. The maximum atomic E-state index is 10.1. The zero-order valence-electron chi connectivity index (χ0n) is 6.05. The van der Waals surface area contributed by atoms with E-state index in [1.54, 1.807) is 0 Å². The van der Waals surface area contributed by atoms with Crippen LogP contribution in [-0.4, -0.2) is 10.7 Å². The lowest BCUT2D eigenvalue weighted by atomic mass is 10.00. The van der Waals surface area contributed by atoms with E-state index in [1.165, 1.54) is 0 Å². The first-order valence-electron chi connectivity index (χ1n) is 3.45. The Morgan fingerprint density at radius 3 is 2.60 bits per heavy atom. The molecule has 58 valence electrons. The molecule has 0 N–H and O–H groups in total. The maximum Gasteiger partial charge on any atom is 0.120 e. The monoisotopic (exact) mass is 252 g/mol. The van der Waals surface area contributed by atoms with Crippen LogP contribution in [0, 0.1) is 5.92 Å². The van der Waals surface area contributed by atoms with Gasteiger partial charge in [0.2, 0.25) is 0 Å². The zero-order chi connectivity index (χ0) is 7.82. The van der Waals surface area contributed by atoms with Crippen LogP contribution in [0.15, 0.2) is 12.7 Å². The van der Waals surface area contributed by atoms with Crippen LogP contribution >= 0.6 is 22.6 Å². The SMILES string of the molecule is C=CCC(CC=O)CCI. The summed E-state index contributed by atoms with van der Waals surface area (Å²) in [7, 11) is 0. The maximum absolute atomic E-state index is 10.1. The normalized spacial score (nSPS) is 12.5. The summed E-state index contributed by atoms with van der Waals surface area (Å²) in [5.74, 6) is 0.534. The Morgan fingerprint density at radius 2 is 2.20 bits per heavy atom. The van der Waals surface area contributed by atoms with Crippen molar-refractivity contribution in [2.45, 2.75) is 19.3 Å². The Morgan fingerprint density at radius 1 is 1.50 bits per heavy atom. The van der Waals surface area contributed by atoms with E-state index in [9.17, 15) is 4.79 Å². The molecule has 0 radical (unpaired) electrons. The Hall–Kier alpha value is 0.140. The highest BCUT2D eigenvalue weighted by Crippen LogP contribution is 2.13. The van der Waals surface area contributed by atoms with Gasteiger partial charge in [0.25, 0.3) is 0 Å². The third kappa shape index (κ3) is 4.97. The molecule has 1 atom stereocenters. The molecule has 0 aliphatic rings. The van der Waals surface area contributed by atoms with Crippen molar-refractivity contribution < 1.29 is 4.79 Å². The van der Waals surface area contributed by atoms with E-state index in [1.807, 2.05) is 6.08 Å². The molecule has 0 saturated heterocycles. The van der Waals surface area contributed by atoms with Crippen molar-refractivity contribution in [2.24, 2.45) is 5.92 Å². The molecule has 0 aromatic heterocycles. The molecular weight excluding hydrogens is 239 g/mol. The van der Waals surface area contributed by atoms with Gasteiger partial charge in [-0.15, -0.1) is 6.58 Å². The second kappa shape index (κ2) is 7.25. The van der Waals surface area contributed by atoms with Gasteiger partial charge in [0.15, 0.2) is 0 Å². The molecule has 0 aliphatic heterocycles. The second-order valence-electron chi connectivity index (χ2n) is 2.27. The summed E-state index contributed by atoms with van der Waals surface area (Å²) in [6.45, 7) is 3.65. The first-order chi connectivity index (χ1) is 4.85. The average molecular weight is 252 g/mol. The number of allylic oxidation sites excluding steroid dienone is 1. The highest BCUT2D eigenvalue weighted by Gasteiger charge is 2.03. The van der Waals surface area contributed by atoms with E-state index in [0.29, 0.717) is 12.3 Å². The van der Waals surface area contributed by atoms with Gasteiger partial charge in [0.1, 0.15) is 6.29 Å². The van der Waals surface area contributed by atoms with Crippen LogP contribution in [0.25, 0.3) is 0 Å². The van der Waals surface area contributed by atoms with E-state index < -0.39 is 0 Å². The quantitative estimate of drug-likeness (QED) is 0.307. The first kappa shape index (κ1) is 10.1. The van der Waals surface area contributed by atoms with Crippen molar-refractivity contribution >= 4 is 28.9 Å². The van der Waals surface area contributed by atoms with Crippen molar-refractivity contribution in [2.75, 3.05) is 4.43 Å². The van der Waals surface area contributed by atoms with Gasteiger partial charge in [-0.3, -0.25) is 0 Å². The molecule has 0 aromatic carbocycles. The molecule has 0 bridgehead atoms. The topological polar surface area (TPSA) is 17.1 Å². The van der Waals surface area contributed by atoms with E-state index >= 15 is 0 Å². The third-order valence-electron chi connectivity index (χ3n) is 1.45. The Bertz CT molecular complexity index is 91.4. The van der Waals surface area contributed by atoms with Crippen molar-refractivity contribution in [1.29, 1.82) is 0 Å². The molecule has 10 heavy (non-hydrogen) atoms. The minimum atomic E-state index is 0.534. The van der Waals surface area contributed by atoms with Crippen LogP contribution in [0.3, 0.4) is 0 Å². The number of alkyl halides is 1. The lowest BCUT2D eigenvalue weighted by Gasteiger charge is -2.07. The Balaban J connectivity index is 3.48. The number of hydrogen-bond acceptors (Lipinski definition) is 1. The molecule has 0 saturated carbocycles. The van der Waals surface area contributed by atoms with Gasteiger partial charge in [-0.1, -0.05) is 28.7 Å². The number of halogens is 1. The molecular formula is C8H13IO. The van der Waals surface area contributed by atoms with E-state index in [4.69, 9.17) is 0 Å². The van der Waals surface area contributed by atoms with Crippen molar-refractivity contribution in [3.05, 3.63) is 12.7 Å². The predicted octanol–water partition coefficient (Wildman–Crippen LogP) is 2.59. The van der Waals surface area contributed by atoms with Crippen LogP contribution in [-0.2, 0) is 4.79 Å². The minimum absolute atomic E-state index is 0.534. The number of carbonyl (C=O) groups is 1. The summed E-state index contributed by atoms with van der Waals surface area (Å²) in [6.07, 6.45) is 5.68. The number of hydrogen-bond donors (Lipinski definition) is 0.